The number of halogens is 1. The summed E-state index contributed by atoms with van der Waals surface area (Å²) in [6.07, 6.45) is 7.64. The van der Waals surface area contributed by atoms with E-state index in [4.69, 9.17) is 4.74 Å². The molecule has 0 aromatic heterocycles. The van der Waals surface area contributed by atoms with Crippen molar-refractivity contribution in [2.45, 2.75) is 44.8 Å². The molecule has 2 fully saturated rings. The summed E-state index contributed by atoms with van der Waals surface area (Å²) in [4.78, 5) is 11.1. The molecule has 1 heterocycles. The van der Waals surface area contributed by atoms with Crippen molar-refractivity contribution in [3.8, 4) is 0 Å². The molecule has 0 unspecified atom stereocenters. The lowest BCUT2D eigenvalue weighted by atomic mass is 9.98. The summed E-state index contributed by atoms with van der Waals surface area (Å²) in [6.45, 7) is 0.367. The summed E-state index contributed by atoms with van der Waals surface area (Å²) < 4.78 is 19.5. The molecular weight excluding hydrogens is 329 g/mol. The molecule has 1 saturated carbocycles. The van der Waals surface area contributed by atoms with Crippen LogP contribution in [-0.4, -0.2) is 29.1 Å². The molecule has 1 saturated heterocycles. The van der Waals surface area contributed by atoms with Crippen molar-refractivity contribution in [1.82, 2.24) is 5.32 Å². The highest BCUT2D eigenvalue weighted by Crippen LogP contribution is 2.22. The van der Waals surface area contributed by atoms with Gasteiger partial charge in [-0.05, 0) is 30.5 Å². The molecular formula is C17H20FN3O2S. The minimum Gasteiger partial charge on any atom is -0.374 e. The Hall–Kier alpha value is -1.73. The van der Waals surface area contributed by atoms with E-state index < -0.39 is 0 Å². The summed E-state index contributed by atoms with van der Waals surface area (Å²) in [5.74, 6) is 0.00221. The zero-order chi connectivity index (χ0) is 16.8. The maximum atomic E-state index is 13.5. The smallest absolute Gasteiger partial charge is 0.236 e. The summed E-state index contributed by atoms with van der Waals surface area (Å²) in [5, 5.41) is 11.0. The SMILES string of the molecule is O=C1CSC(=NN=Cc2ccc(F)cc2COC2CCCCC2)N1. The third-order valence-corrected chi connectivity index (χ3v) is 4.93. The Bertz CT molecular complexity index is 657. The summed E-state index contributed by atoms with van der Waals surface area (Å²) in [5.41, 5.74) is 1.53. The average molecular weight is 349 g/mol. The number of hydrogen-bond acceptors (Lipinski definition) is 5. The van der Waals surface area contributed by atoms with Gasteiger partial charge in [-0.1, -0.05) is 37.1 Å². The third kappa shape index (κ3) is 4.88. The van der Waals surface area contributed by atoms with Gasteiger partial charge in [0.05, 0.1) is 24.7 Å². The van der Waals surface area contributed by atoms with Gasteiger partial charge in [0.25, 0.3) is 0 Å². The molecule has 0 radical (unpaired) electrons. The minimum atomic E-state index is -0.292. The standard InChI is InChI=1S/C17H20FN3O2S/c18-14-7-6-12(9-19-21-17-20-16(22)11-24-17)13(8-14)10-23-15-4-2-1-3-5-15/h6-9,15H,1-5,10-11H2,(H,20,21,22). The molecule has 1 aromatic carbocycles. The first-order valence-electron chi connectivity index (χ1n) is 8.14. The Morgan fingerprint density at radius 3 is 2.92 bits per heavy atom. The van der Waals surface area contributed by atoms with Gasteiger partial charge in [-0.25, -0.2) is 4.39 Å². The van der Waals surface area contributed by atoms with Crippen LogP contribution in [0, 0.1) is 5.82 Å². The first-order chi connectivity index (χ1) is 11.7. The van der Waals surface area contributed by atoms with Crippen molar-refractivity contribution in [3.63, 3.8) is 0 Å². The largest absolute Gasteiger partial charge is 0.374 e. The lowest BCUT2D eigenvalue weighted by Crippen LogP contribution is -2.19. The molecule has 1 aliphatic carbocycles. The van der Waals surface area contributed by atoms with E-state index in [0.29, 0.717) is 17.5 Å². The maximum absolute atomic E-state index is 13.5. The second kappa shape index (κ2) is 8.39. The van der Waals surface area contributed by atoms with Gasteiger partial charge in [0.1, 0.15) is 5.82 Å². The van der Waals surface area contributed by atoms with Crippen molar-refractivity contribution in [1.29, 1.82) is 0 Å². The minimum absolute atomic E-state index is 0.0719. The molecule has 1 N–H and O–H groups in total. The van der Waals surface area contributed by atoms with E-state index in [1.54, 1.807) is 12.3 Å². The number of thioether (sulfide) groups is 1. The topological polar surface area (TPSA) is 63.0 Å². The van der Waals surface area contributed by atoms with Gasteiger partial charge in [-0.2, -0.15) is 5.10 Å². The highest BCUT2D eigenvalue weighted by molar-refractivity contribution is 8.15. The van der Waals surface area contributed by atoms with Crippen molar-refractivity contribution >= 4 is 29.1 Å². The van der Waals surface area contributed by atoms with Crippen molar-refractivity contribution in [2.75, 3.05) is 5.75 Å². The van der Waals surface area contributed by atoms with Gasteiger partial charge < -0.3 is 10.1 Å². The number of amides is 1. The Labute approximate surface area is 144 Å². The summed E-state index contributed by atoms with van der Waals surface area (Å²) in [6, 6.07) is 4.53. The van der Waals surface area contributed by atoms with Gasteiger partial charge in [0, 0.05) is 5.56 Å². The van der Waals surface area contributed by atoms with E-state index in [0.717, 1.165) is 24.0 Å². The zero-order valence-corrected chi connectivity index (χ0v) is 14.2. The molecule has 1 amide bonds. The number of carbonyl (C=O) groups excluding carboxylic acids is 1. The number of nitrogens with one attached hydrogen (secondary N) is 1. The highest BCUT2D eigenvalue weighted by Gasteiger charge is 2.16. The first kappa shape index (κ1) is 17.1. The second-order valence-electron chi connectivity index (χ2n) is 5.90. The molecule has 1 aromatic rings. The van der Waals surface area contributed by atoms with Crippen LogP contribution in [0.2, 0.25) is 0 Å². The van der Waals surface area contributed by atoms with Gasteiger partial charge >= 0.3 is 0 Å². The van der Waals surface area contributed by atoms with Crippen LogP contribution >= 0.6 is 11.8 Å². The Balaban J connectivity index is 1.64. The predicted octanol–water partition coefficient (Wildman–Crippen LogP) is 3.23. The Kier molecular flexibility index (Phi) is 5.98. The van der Waals surface area contributed by atoms with Crippen molar-refractivity contribution in [2.24, 2.45) is 10.2 Å². The fourth-order valence-electron chi connectivity index (χ4n) is 2.79. The molecule has 128 valence electrons. The van der Waals surface area contributed by atoms with Crippen LogP contribution in [0.15, 0.2) is 28.4 Å². The number of benzene rings is 1. The molecule has 7 heteroatoms. The number of nitrogens with zero attached hydrogens (tertiary/aromatic N) is 2. The van der Waals surface area contributed by atoms with Crippen LogP contribution in [-0.2, 0) is 16.1 Å². The molecule has 0 atom stereocenters. The molecule has 0 bridgehead atoms. The van der Waals surface area contributed by atoms with Gasteiger partial charge in [-0.15, -0.1) is 5.10 Å². The average Bonchev–Trinajstić information content (AvgIpc) is 3.01. The lowest BCUT2D eigenvalue weighted by Gasteiger charge is -2.22. The van der Waals surface area contributed by atoms with E-state index >= 15 is 0 Å². The fourth-order valence-corrected chi connectivity index (χ4v) is 3.42. The quantitative estimate of drug-likeness (QED) is 0.656. The molecule has 24 heavy (non-hydrogen) atoms. The second-order valence-corrected chi connectivity index (χ2v) is 6.86. The van der Waals surface area contributed by atoms with E-state index in [9.17, 15) is 9.18 Å². The predicted molar refractivity (Wildman–Crippen MR) is 93.7 cm³/mol. The van der Waals surface area contributed by atoms with E-state index in [1.807, 2.05) is 0 Å². The third-order valence-electron chi connectivity index (χ3n) is 4.06. The molecule has 3 rings (SSSR count). The number of ether oxygens (including phenoxy) is 1. The summed E-state index contributed by atoms with van der Waals surface area (Å²) in [7, 11) is 0. The van der Waals surface area contributed by atoms with E-state index in [2.05, 4.69) is 15.5 Å². The van der Waals surface area contributed by atoms with Crippen molar-refractivity contribution < 1.29 is 13.9 Å². The van der Waals surface area contributed by atoms with Crippen LogP contribution in [0.5, 0.6) is 0 Å². The number of hydrogen-bond donors (Lipinski definition) is 1. The zero-order valence-electron chi connectivity index (χ0n) is 13.3. The van der Waals surface area contributed by atoms with Crippen LogP contribution < -0.4 is 5.32 Å². The number of carbonyl (C=O) groups is 1. The van der Waals surface area contributed by atoms with Gasteiger partial charge in [0.15, 0.2) is 5.17 Å². The van der Waals surface area contributed by atoms with Crippen molar-refractivity contribution in [3.05, 3.63) is 35.1 Å². The number of amidine groups is 1. The Morgan fingerprint density at radius 2 is 2.17 bits per heavy atom. The Morgan fingerprint density at radius 1 is 1.33 bits per heavy atom. The van der Waals surface area contributed by atoms with Crippen LogP contribution in [0.1, 0.15) is 43.2 Å². The van der Waals surface area contributed by atoms with Gasteiger partial charge in [0.2, 0.25) is 5.91 Å². The first-order valence-corrected chi connectivity index (χ1v) is 9.13. The normalized spacial score (nSPS) is 20.9. The van der Waals surface area contributed by atoms with E-state index in [1.165, 1.54) is 43.2 Å². The molecule has 2 aliphatic rings. The maximum Gasteiger partial charge on any atom is 0.236 e. The monoisotopic (exact) mass is 349 g/mol. The van der Waals surface area contributed by atoms with Gasteiger partial charge in [-0.3, -0.25) is 4.79 Å². The molecule has 5 nitrogen and oxygen atoms in total. The molecule has 1 aliphatic heterocycles. The highest BCUT2D eigenvalue weighted by atomic mass is 32.2. The van der Waals surface area contributed by atoms with Crippen LogP contribution in [0.25, 0.3) is 0 Å². The number of rotatable bonds is 5. The lowest BCUT2D eigenvalue weighted by molar-refractivity contribution is -0.116. The fraction of sp³-hybridized carbons (Fsp3) is 0.471. The van der Waals surface area contributed by atoms with E-state index in [-0.39, 0.29) is 17.8 Å². The summed E-state index contributed by atoms with van der Waals surface area (Å²) >= 11 is 1.31. The molecule has 0 spiro atoms. The van der Waals surface area contributed by atoms with Crippen LogP contribution in [0.4, 0.5) is 4.39 Å². The van der Waals surface area contributed by atoms with Crippen LogP contribution in [0.3, 0.4) is 0 Å².